The van der Waals surface area contributed by atoms with E-state index in [4.69, 9.17) is 4.74 Å². The molecule has 0 aliphatic carbocycles. The van der Waals surface area contributed by atoms with Crippen LogP contribution < -0.4 is 0 Å². The largest absolute Gasteiger partial charge is 0.377 e. The highest BCUT2D eigenvalue weighted by Crippen LogP contribution is 2.41. The van der Waals surface area contributed by atoms with Gasteiger partial charge in [-0.2, -0.15) is 0 Å². The van der Waals surface area contributed by atoms with Crippen LogP contribution in [0.5, 0.6) is 0 Å². The monoisotopic (exact) mass is 227 g/mol. The van der Waals surface area contributed by atoms with Gasteiger partial charge in [-0.15, -0.1) is 0 Å². The molecule has 0 aromatic carbocycles. The van der Waals surface area contributed by atoms with Gasteiger partial charge in [0.25, 0.3) is 0 Å². The summed E-state index contributed by atoms with van der Waals surface area (Å²) in [6.45, 7) is 6.91. The van der Waals surface area contributed by atoms with Crippen molar-refractivity contribution in [2.75, 3.05) is 19.7 Å². The van der Waals surface area contributed by atoms with Gasteiger partial charge in [-0.3, -0.25) is 4.90 Å². The van der Waals surface area contributed by atoms with Crippen molar-refractivity contribution >= 4 is 0 Å². The van der Waals surface area contributed by atoms with Crippen LogP contribution in [-0.2, 0) is 4.74 Å². The zero-order valence-electron chi connectivity index (χ0n) is 10.3. The summed E-state index contributed by atoms with van der Waals surface area (Å²) in [7, 11) is 0. The number of nitrogens with zero attached hydrogens (tertiary/aromatic N) is 1. The average Bonchev–Trinajstić information content (AvgIpc) is 2.81. The highest BCUT2D eigenvalue weighted by molar-refractivity contribution is 5.19. The molecular formula is C13H22FNO. The Bertz CT molecular complexity index is 279. The third kappa shape index (κ3) is 2.16. The molecule has 0 saturated carbocycles. The first-order valence-electron chi connectivity index (χ1n) is 6.35. The minimum Gasteiger partial charge on any atom is -0.377 e. The summed E-state index contributed by atoms with van der Waals surface area (Å²) in [5, 5.41) is 0. The normalized spacial score (nSPS) is 34.6. The number of fused-ring (bicyclic) bond motifs is 1. The third-order valence-electron chi connectivity index (χ3n) is 4.06. The van der Waals surface area contributed by atoms with E-state index in [1.165, 1.54) is 6.42 Å². The van der Waals surface area contributed by atoms with Crippen molar-refractivity contribution in [1.29, 1.82) is 0 Å². The molecule has 2 rings (SSSR count). The molecule has 2 heterocycles. The fourth-order valence-corrected chi connectivity index (χ4v) is 2.87. The van der Waals surface area contributed by atoms with Crippen molar-refractivity contribution in [2.24, 2.45) is 0 Å². The minimum atomic E-state index is 0.112. The second kappa shape index (κ2) is 4.84. The maximum Gasteiger partial charge on any atom is 0.0872 e. The van der Waals surface area contributed by atoms with Crippen LogP contribution >= 0.6 is 0 Å². The Morgan fingerprint density at radius 2 is 2.44 bits per heavy atom. The molecule has 0 aromatic rings. The van der Waals surface area contributed by atoms with E-state index in [2.05, 4.69) is 18.7 Å². The molecule has 3 heteroatoms. The molecule has 0 N–H and O–H groups in total. The lowest BCUT2D eigenvalue weighted by Crippen LogP contribution is -2.43. The molecule has 2 aliphatic heterocycles. The Balaban J connectivity index is 1.99. The van der Waals surface area contributed by atoms with Gasteiger partial charge in [-0.1, -0.05) is 6.92 Å². The van der Waals surface area contributed by atoms with Crippen molar-refractivity contribution in [3.8, 4) is 0 Å². The summed E-state index contributed by atoms with van der Waals surface area (Å²) in [5.74, 6) is 0. The lowest BCUT2D eigenvalue weighted by Gasteiger charge is -2.32. The number of hydrogen-bond donors (Lipinski definition) is 0. The summed E-state index contributed by atoms with van der Waals surface area (Å²) in [4.78, 5) is 2.40. The molecule has 2 saturated heterocycles. The second-order valence-electron chi connectivity index (χ2n) is 5.22. The van der Waals surface area contributed by atoms with Gasteiger partial charge in [-0.25, -0.2) is 4.39 Å². The van der Waals surface area contributed by atoms with E-state index >= 15 is 0 Å². The van der Waals surface area contributed by atoms with Crippen LogP contribution in [0.25, 0.3) is 0 Å². The molecule has 0 radical (unpaired) electrons. The first-order chi connectivity index (χ1) is 7.70. The Hall–Kier alpha value is -0.410. The van der Waals surface area contributed by atoms with Crippen molar-refractivity contribution in [2.45, 2.75) is 51.2 Å². The van der Waals surface area contributed by atoms with Crippen LogP contribution in [0.4, 0.5) is 4.39 Å². The third-order valence-corrected chi connectivity index (χ3v) is 4.06. The van der Waals surface area contributed by atoms with Gasteiger partial charge < -0.3 is 4.74 Å². The molecule has 92 valence electrons. The zero-order valence-corrected chi connectivity index (χ0v) is 10.3. The number of rotatable bonds is 4. The summed E-state index contributed by atoms with van der Waals surface area (Å²) < 4.78 is 18.5. The van der Waals surface area contributed by atoms with E-state index in [0.29, 0.717) is 6.10 Å². The molecule has 2 nitrogen and oxygen atoms in total. The van der Waals surface area contributed by atoms with Gasteiger partial charge >= 0.3 is 0 Å². The van der Waals surface area contributed by atoms with E-state index in [1.54, 1.807) is 0 Å². The summed E-state index contributed by atoms with van der Waals surface area (Å²) >= 11 is 0. The van der Waals surface area contributed by atoms with Crippen LogP contribution in [0.3, 0.4) is 0 Å². The van der Waals surface area contributed by atoms with E-state index < -0.39 is 0 Å². The zero-order chi connectivity index (χ0) is 11.6. The fraction of sp³-hybridized carbons (Fsp3) is 0.846. The summed E-state index contributed by atoms with van der Waals surface area (Å²) in [6.07, 6.45) is 5.39. The maximum absolute atomic E-state index is 12.6. The predicted octanol–water partition coefficient (Wildman–Crippen LogP) is 2.89. The van der Waals surface area contributed by atoms with Gasteiger partial charge in [0, 0.05) is 12.1 Å². The number of hydrogen-bond acceptors (Lipinski definition) is 2. The topological polar surface area (TPSA) is 12.5 Å². The van der Waals surface area contributed by atoms with Gasteiger partial charge in [0.15, 0.2) is 0 Å². The van der Waals surface area contributed by atoms with Crippen molar-refractivity contribution in [3.05, 3.63) is 11.9 Å². The van der Waals surface area contributed by atoms with Gasteiger partial charge in [0.2, 0.25) is 0 Å². The van der Waals surface area contributed by atoms with Crippen LogP contribution in [0.15, 0.2) is 11.9 Å². The van der Waals surface area contributed by atoms with Gasteiger partial charge in [-0.05, 0) is 44.7 Å². The molecule has 2 aliphatic rings. The Kier molecular flexibility index (Phi) is 3.65. The highest BCUT2D eigenvalue weighted by atomic mass is 19.1. The lowest BCUT2D eigenvalue weighted by atomic mass is 9.94. The van der Waals surface area contributed by atoms with Crippen LogP contribution in [0, 0.1) is 0 Å². The first kappa shape index (κ1) is 12.1. The van der Waals surface area contributed by atoms with Crippen LogP contribution in [0.2, 0.25) is 0 Å². The maximum atomic E-state index is 12.6. The van der Waals surface area contributed by atoms with Gasteiger partial charge in [0.1, 0.15) is 0 Å². The molecule has 0 bridgehead atoms. The first-order valence-corrected chi connectivity index (χ1v) is 6.35. The molecule has 2 fully saturated rings. The lowest BCUT2D eigenvalue weighted by molar-refractivity contribution is -0.00560. The number of halogens is 1. The van der Waals surface area contributed by atoms with Crippen molar-refractivity contribution in [1.82, 2.24) is 4.90 Å². The number of ether oxygens (including phenoxy) is 1. The fourth-order valence-electron chi connectivity index (χ4n) is 2.87. The molecule has 0 spiro atoms. The molecule has 16 heavy (non-hydrogen) atoms. The van der Waals surface area contributed by atoms with Gasteiger partial charge in [0.05, 0.1) is 19.0 Å². The van der Waals surface area contributed by atoms with E-state index in [1.807, 2.05) is 0 Å². The van der Waals surface area contributed by atoms with Crippen LogP contribution in [0.1, 0.15) is 39.5 Å². The quantitative estimate of drug-likeness (QED) is 0.732. The van der Waals surface area contributed by atoms with Crippen LogP contribution in [-0.4, -0.2) is 36.2 Å². The SMILES string of the molecule is CCC(C)OCC12CCCN1C/C(=C\F)C2. The van der Waals surface area contributed by atoms with E-state index in [0.717, 1.165) is 50.9 Å². The van der Waals surface area contributed by atoms with Crippen molar-refractivity contribution < 1.29 is 9.13 Å². The average molecular weight is 227 g/mol. The summed E-state index contributed by atoms with van der Waals surface area (Å²) in [6, 6.07) is 0. The van der Waals surface area contributed by atoms with E-state index in [9.17, 15) is 4.39 Å². The van der Waals surface area contributed by atoms with Crippen molar-refractivity contribution in [3.63, 3.8) is 0 Å². The molecule has 0 aromatic heterocycles. The Morgan fingerprint density at radius 3 is 3.12 bits per heavy atom. The molecular weight excluding hydrogens is 205 g/mol. The molecule has 2 atom stereocenters. The molecule has 2 unspecified atom stereocenters. The minimum absolute atomic E-state index is 0.112. The Morgan fingerprint density at radius 1 is 1.62 bits per heavy atom. The molecule has 0 amide bonds. The highest BCUT2D eigenvalue weighted by Gasteiger charge is 2.46. The standard InChI is InChI=1S/C13H22FNO/c1-3-11(2)16-10-13-5-4-6-15(13)9-12(7-13)8-14/h8,11H,3-7,9-10H2,1-2H3/b12-8-. The predicted molar refractivity (Wildman–Crippen MR) is 63.1 cm³/mol. The Labute approximate surface area is 97.5 Å². The van der Waals surface area contributed by atoms with E-state index in [-0.39, 0.29) is 5.54 Å². The second-order valence-corrected chi connectivity index (χ2v) is 5.22. The smallest absolute Gasteiger partial charge is 0.0872 e. The summed E-state index contributed by atoms with van der Waals surface area (Å²) in [5.41, 5.74) is 1.05.